The zero-order valence-corrected chi connectivity index (χ0v) is 18.0. The van der Waals surface area contributed by atoms with E-state index in [9.17, 15) is 17.4 Å². The molecule has 1 atom stereocenters. The summed E-state index contributed by atoms with van der Waals surface area (Å²) in [5.41, 5.74) is 7.73. The van der Waals surface area contributed by atoms with Gasteiger partial charge >= 0.3 is 6.36 Å². The third-order valence-electron chi connectivity index (χ3n) is 5.15. The number of hydrogen-bond acceptors (Lipinski definition) is 6. The number of rotatable bonds is 6. The predicted octanol–water partition coefficient (Wildman–Crippen LogP) is 4.02. The predicted molar refractivity (Wildman–Crippen MR) is 119 cm³/mol. The van der Waals surface area contributed by atoms with E-state index in [2.05, 4.69) is 10.1 Å². The Labute approximate surface area is 186 Å². The van der Waals surface area contributed by atoms with Gasteiger partial charge in [-0.05, 0) is 42.8 Å². The molecule has 1 aliphatic heterocycles. The number of benzene rings is 2. The molecule has 1 unspecified atom stereocenters. The van der Waals surface area contributed by atoms with Crippen LogP contribution in [0.2, 0.25) is 0 Å². The van der Waals surface area contributed by atoms with E-state index >= 15 is 0 Å². The number of nitrogens with one attached hydrogen (secondary N) is 1. The average molecular weight is 465 g/mol. The molecular weight excluding hydrogens is 441 g/mol. The van der Waals surface area contributed by atoms with Gasteiger partial charge in [-0.15, -0.1) is 13.2 Å². The van der Waals surface area contributed by atoms with Crippen LogP contribution in [0.4, 0.5) is 24.7 Å². The Morgan fingerprint density at radius 2 is 2.00 bits per heavy atom. The van der Waals surface area contributed by atoms with Gasteiger partial charge in [-0.25, -0.2) is 4.98 Å². The minimum absolute atomic E-state index is 0.305. The number of aromatic nitrogens is 1. The molecule has 0 spiro atoms. The summed E-state index contributed by atoms with van der Waals surface area (Å²) in [5, 5.41) is 3.78. The minimum Gasteiger partial charge on any atom is -0.406 e. The SMILES string of the molecule is NCCCNc1cc(N2CCS(=O)c3ccccc3C2)nc2ccc(OC(F)(F)F)cc12. The normalized spacial score (nSPS) is 16.5. The summed E-state index contributed by atoms with van der Waals surface area (Å²) in [6, 6.07) is 13.5. The lowest BCUT2D eigenvalue weighted by Gasteiger charge is -2.23. The molecule has 3 N–H and O–H groups in total. The van der Waals surface area contributed by atoms with Crippen LogP contribution in [-0.4, -0.2) is 40.9 Å². The molecule has 0 saturated carbocycles. The first-order valence-corrected chi connectivity index (χ1v) is 11.5. The van der Waals surface area contributed by atoms with Crippen molar-refractivity contribution in [1.29, 1.82) is 0 Å². The van der Waals surface area contributed by atoms with Crippen LogP contribution in [0, 0.1) is 0 Å². The van der Waals surface area contributed by atoms with Crippen molar-refractivity contribution in [3.63, 3.8) is 0 Å². The molecule has 4 rings (SSSR count). The number of ether oxygens (including phenoxy) is 1. The van der Waals surface area contributed by atoms with Crippen molar-refractivity contribution >= 4 is 33.2 Å². The maximum absolute atomic E-state index is 12.7. The van der Waals surface area contributed by atoms with Crippen LogP contribution < -0.4 is 20.7 Å². The summed E-state index contributed by atoms with van der Waals surface area (Å²) < 4.78 is 54.8. The van der Waals surface area contributed by atoms with E-state index in [4.69, 9.17) is 10.7 Å². The molecule has 0 aliphatic carbocycles. The van der Waals surface area contributed by atoms with Crippen molar-refractivity contribution in [1.82, 2.24) is 4.98 Å². The van der Waals surface area contributed by atoms with Gasteiger partial charge in [-0.3, -0.25) is 4.21 Å². The zero-order chi connectivity index (χ0) is 22.7. The van der Waals surface area contributed by atoms with Crippen LogP contribution in [0.1, 0.15) is 12.0 Å². The first-order chi connectivity index (χ1) is 15.3. The van der Waals surface area contributed by atoms with Crippen LogP contribution in [0.3, 0.4) is 0 Å². The monoisotopic (exact) mass is 464 g/mol. The van der Waals surface area contributed by atoms with Crippen LogP contribution in [0.25, 0.3) is 10.9 Å². The second-order valence-corrected chi connectivity index (χ2v) is 8.94. The molecule has 6 nitrogen and oxygen atoms in total. The van der Waals surface area contributed by atoms with Gasteiger partial charge in [0.2, 0.25) is 0 Å². The smallest absolute Gasteiger partial charge is 0.406 e. The molecule has 0 fully saturated rings. The Morgan fingerprint density at radius 3 is 2.78 bits per heavy atom. The number of halogens is 3. The van der Waals surface area contributed by atoms with Crippen molar-refractivity contribution in [2.75, 3.05) is 35.6 Å². The number of nitrogens with two attached hydrogens (primary N) is 1. The molecule has 10 heteroatoms. The number of pyridine rings is 1. The number of anilines is 2. The van der Waals surface area contributed by atoms with Crippen LogP contribution >= 0.6 is 0 Å². The summed E-state index contributed by atoms with van der Waals surface area (Å²) in [6.07, 6.45) is -4.07. The maximum Gasteiger partial charge on any atom is 0.573 e. The van der Waals surface area contributed by atoms with Gasteiger partial charge in [0.05, 0.1) is 16.3 Å². The highest BCUT2D eigenvalue weighted by molar-refractivity contribution is 7.85. The topological polar surface area (TPSA) is 80.5 Å². The number of fused-ring (bicyclic) bond motifs is 2. The number of hydrogen-bond donors (Lipinski definition) is 2. The molecule has 3 aromatic rings. The van der Waals surface area contributed by atoms with Crippen LogP contribution in [0.5, 0.6) is 5.75 Å². The zero-order valence-electron chi connectivity index (χ0n) is 17.2. The Morgan fingerprint density at radius 1 is 1.19 bits per heavy atom. The van der Waals surface area contributed by atoms with E-state index in [1.165, 1.54) is 18.2 Å². The van der Waals surface area contributed by atoms with Crippen molar-refractivity contribution in [3.05, 3.63) is 54.1 Å². The lowest BCUT2D eigenvalue weighted by atomic mass is 10.1. The Bertz CT molecular complexity index is 1140. The van der Waals surface area contributed by atoms with E-state index < -0.39 is 17.2 Å². The molecule has 1 aromatic heterocycles. The molecule has 2 aromatic carbocycles. The molecule has 0 amide bonds. The summed E-state index contributed by atoms with van der Waals surface area (Å²) in [7, 11) is -1.10. The highest BCUT2D eigenvalue weighted by Gasteiger charge is 2.31. The summed E-state index contributed by atoms with van der Waals surface area (Å²) in [5.74, 6) is 0.817. The first kappa shape index (κ1) is 22.3. The van der Waals surface area contributed by atoms with Gasteiger partial charge in [0.25, 0.3) is 0 Å². The highest BCUT2D eigenvalue weighted by atomic mass is 32.2. The van der Waals surface area contributed by atoms with Gasteiger partial charge in [0.15, 0.2) is 0 Å². The Kier molecular flexibility index (Phi) is 6.52. The quantitative estimate of drug-likeness (QED) is 0.537. The molecule has 1 aliphatic rings. The third kappa shape index (κ3) is 5.13. The fraction of sp³-hybridized carbons (Fsp3) is 0.318. The van der Waals surface area contributed by atoms with Crippen LogP contribution in [0.15, 0.2) is 53.4 Å². The minimum atomic E-state index is -4.77. The first-order valence-electron chi connectivity index (χ1n) is 10.2. The van der Waals surface area contributed by atoms with Gasteiger partial charge in [-0.1, -0.05) is 18.2 Å². The number of nitrogens with zero attached hydrogens (tertiary/aromatic N) is 2. The van der Waals surface area contributed by atoms with E-state index in [0.29, 0.717) is 60.8 Å². The molecule has 0 saturated heterocycles. The van der Waals surface area contributed by atoms with E-state index in [1.54, 1.807) is 0 Å². The average Bonchev–Trinajstić information content (AvgIpc) is 2.92. The van der Waals surface area contributed by atoms with E-state index in [1.807, 2.05) is 35.2 Å². The molecule has 32 heavy (non-hydrogen) atoms. The molecule has 0 radical (unpaired) electrons. The lowest BCUT2D eigenvalue weighted by Crippen LogP contribution is -2.26. The molecule has 2 heterocycles. The van der Waals surface area contributed by atoms with Gasteiger partial charge < -0.3 is 20.7 Å². The second-order valence-electron chi connectivity index (χ2n) is 7.40. The fourth-order valence-electron chi connectivity index (χ4n) is 3.66. The number of alkyl halides is 3. The molecule has 0 bridgehead atoms. The largest absolute Gasteiger partial charge is 0.573 e. The standard InChI is InChI=1S/C22H23F3N4O2S/c23-22(24,25)31-16-6-7-18-17(12-16)19(27-9-3-8-26)13-21(28-18)29-10-11-32(30)20-5-2-1-4-15(20)14-29/h1-2,4-7,12-13H,3,8-11,14,26H2,(H,27,28). The molecule has 170 valence electrons. The van der Waals surface area contributed by atoms with Crippen LogP contribution in [-0.2, 0) is 17.3 Å². The van der Waals surface area contributed by atoms with Gasteiger partial charge in [-0.2, -0.15) is 0 Å². The lowest BCUT2D eigenvalue weighted by molar-refractivity contribution is -0.274. The van der Waals surface area contributed by atoms with Crippen molar-refractivity contribution in [2.24, 2.45) is 5.73 Å². The van der Waals surface area contributed by atoms with E-state index in [-0.39, 0.29) is 5.75 Å². The second kappa shape index (κ2) is 9.33. The van der Waals surface area contributed by atoms with Gasteiger partial charge in [0.1, 0.15) is 11.6 Å². The van der Waals surface area contributed by atoms with Crippen molar-refractivity contribution < 1.29 is 22.1 Å². The summed E-state index contributed by atoms with van der Waals surface area (Å²) in [6.45, 7) is 2.13. The van der Waals surface area contributed by atoms with E-state index in [0.717, 1.165) is 10.5 Å². The fourth-order valence-corrected chi connectivity index (χ4v) is 4.92. The third-order valence-corrected chi connectivity index (χ3v) is 6.59. The summed E-state index contributed by atoms with van der Waals surface area (Å²) in [4.78, 5) is 7.55. The summed E-state index contributed by atoms with van der Waals surface area (Å²) >= 11 is 0. The Hall–Kier alpha value is -2.85. The maximum atomic E-state index is 12.7. The van der Waals surface area contributed by atoms with Gasteiger partial charge in [0, 0.05) is 47.4 Å². The highest BCUT2D eigenvalue weighted by Crippen LogP contribution is 2.33. The molecular formula is C22H23F3N4O2S. The Balaban J connectivity index is 1.73. The van der Waals surface area contributed by atoms with Crippen molar-refractivity contribution in [2.45, 2.75) is 24.2 Å². The van der Waals surface area contributed by atoms with Crippen molar-refractivity contribution in [3.8, 4) is 5.75 Å².